The summed E-state index contributed by atoms with van der Waals surface area (Å²) in [6.07, 6.45) is 0. The van der Waals surface area contributed by atoms with Crippen molar-refractivity contribution in [1.29, 1.82) is 0 Å². The number of hydrogen-bond donors (Lipinski definition) is 0. The fourth-order valence-corrected chi connectivity index (χ4v) is 2.07. The van der Waals surface area contributed by atoms with Crippen molar-refractivity contribution in [1.82, 2.24) is 0 Å². The molecule has 0 N–H and O–H groups in total. The van der Waals surface area contributed by atoms with Crippen molar-refractivity contribution in [2.24, 2.45) is 0 Å². The van der Waals surface area contributed by atoms with Crippen LogP contribution >= 0.6 is 15.9 Å². The topological polar surface area (TPSA) is 38.8 Å². The highest BCUT2D eigenvalue weighted by Crippen LogP contribution is 2.27. The van der Waals surface area contributed by atoms with Crippen LogP contribution in [0.5, 0.6) is 5.75 Å². The second-order valence-electron chi connectivity index (χ2n) is 3.45. The summed E-state index contributed by atoms with van der Waals surface area (Å²) in [4.78, 5) is 13.4. The number of morpholine rings is 1. The van der Waals surface area contributed by atoms with Gasteiger partial charge in [0, 0.05) is 22.8 Å². The van der Waals surface area contributed by atoms with Gasteiger partial charge in [-0.15, -0.1) is 0 Å². The standard InChI is InChI=1S/C11H12BrNO3/c1-15-10-5-8(12)4-9(6-10)13-2-3-16-7-11(13)14/h4-6H,2-3,7H2,1H3. The third-order valence-corrected chi connectivity index (χ3v) is 2.85. The molecule has 0 aromatic heterocycles. The van der Waals surface area contributed by atoms with E-state index in [1.54, 1.807) is 12.0 Å². The molecule has 1 saturated heterocycles. The first-order chi connectivity index (χ1) is 7.70. The molecule has 0 spiro atoms. The van der Waals surface area contributed by atoms with Gasteiger partial charge in [0.15, 0.2) is 0 Å². The first-order valence-corrected chi connectivity index (χ1v) is 5.72. The summed E-state index contributed by atoms with van der Waals surface area (Å²) in [5.41, 5.74) is 0.833. The summed E-state index contributed by atoms with van der Waals surface area (Å²) in [7, 11) is 1.60. The van der Waals surface area contributed by atoms with Gasteiger partial charge in [0.2, 0.25) is 0 Å². The van der Waals surface area contributed by atoms with Crippen molar-refractivity contribution < 1.29 is 14.3 Å². The van der Waals surface area contributed by atoms with Gasteiger partial charge < -0.3 is 14.4 Å². The number of hydrogen-bond acceptors (Lipinski definition) is 3. The van der Waals surface area contributed by atoms with E-state index in [0.29, 0.717) is 13.2 Å². The molecule has 0 aliphatic carbocycles. The second-order valence-corrected chi connectivity index (χ2v) is 4.36. The van der Waals surface area contributed by atoms with Crippen molar-refractivity contribution in [2.75, 3.05) is 31.8 Å². The number of halogens is 1. The van der Waals surface area contributed by atoms with Crippen LogP contribution in [0, 0.1) is 0 Å². The molecule has 0 bridgehead atoms. The van der Waals surface area contributed by atoms with Crippen molar-refractivity contribution in [2.45, 2.75) is 0 Å². The molecule has 2 rings (SSSR count). The minimum absolute atomic E-state index is 0.0218. The van der Waals surface area contributed by atoms with E-state index in [9.17, 15) is 4.79 Å². The highest BCUT2D eigenvalue weighted by Gasteiger charge is 2.20. The van der Waals surface area contributed by atoms with Crippen LogP contribution in [0.4, 0.5) is 5.69 Å². The van der Waals surface area contributed by atoms with E-state index in [0.717, 1.165) is 15.9 Å². The number of benzene rings is 1. The maximum atomic E-state index is 11.7. The average Bonchev–Trinajstić information content (AvgIpc) is 2.28. The maximum absolute atomic E-state index is 11.7. The first-order valence-electron chi connectivity index (χ1n) is 4.93. The maximum Gasteiger partial charge on any atom is 0.253 e. The lowest BCUT2D eigenvalue weighted by atomic mass is 10.2. The summed E-state index contributed by atoms with van der Waals surface area (Å²) < 4.78 is 11.1. The lowest BCUT2D eigenvalue weighted by molar-refractivity contribution is -0.125. The molecule has 4 nitrogen and oxygen atoms in total. The highest BCUT2D eigenvalue weighted by atomic mass is 79.9. The van der Waals surface area contributed by atoms with E-state index in [1.807, 2.05) is 18.2 Å². The Hall–Kier alpha value is -1.07. The van der Waals surface area contributed by atoms with Crippen LogP contribution in [0.3, 0.4) is 0 Å². The number of amides is 1. The Bertz CT molecular complexity index is 408. The molecule has 0 atom stereocenters. The smallest absolute Gasteiger partial charge is 0.253 e. The lowest BCUT2D eigenvalue weighted by Crippen LogP contribution is -2.41. The average molecular weight is 286 g/mol. The number of anilines is 1. The van der Waals surface area contributed by atoms with Crippen LogP contribution in [0.1, 0.15) is 0 Å². The molecule has 16 heavy (non-hydrogen) atoms. The molecule has 1 aromatic carbocycles. The highest BCUT2D eigenvalue weighted by molar-refractivity contribution is 9.10. The Labute approximate surface area is 102 Å². The van der Waals surface area contributed by atoms with Crippen LogP contribution in [-0.4, -0.2) is 32.8 Å². The largest absolute Gasteiger partial charge is 0.497 e. The predicted octanol–water partition coefficient (Wildman–Crippen LogP) is 1.82. The number of ether oxygens (including phenoxy) is 2. The summed E-state index contributed by atoms with van der Waals surface area (Å²) in [6, 6.07) is 5.59. The van der Waals surface area contributed by atoms with Gasteiger partial charge in [0.05, 0.1) is 13.7 Å². The minimum Gasteiger partial charge on any atom is -0.497 e. The van der Waals surface area contributed by atoms with Crippen LogP contribution in [0.25, 0.3) is 0 Å². The Morgan fingerprint density at radius 1 is 1.44 bits per heavy atom. The summed E-state index contributed by atoms with van der Waals surface area (Å²) >= 11 is 3.39. The SMILES string of the molecule is COc1cc(Br)cc(N2CCOCC2=O)c1. The van der Waals surface area contributed by atoms with E-state index in [2.05, 4.69) is 15.9 Å². The van der Waals surface area contributed by atoms with Crippen LogP contribution in [-0.2, 0) is 9.53 Å². The molecule has 1 aliphatic heterocycles. The van der Waals surface area contributed by atoms with E-state index < -0.39 is 0 Å². The summed E-state index contributed by atoms with van der Waals surface area (Å²) in [5, 5.41) is 0. The van der Waals surface area contributed by atoms with Crippen molar-refractivity contribution in [3.63, 3.8) is 0 Å². The van der Waals surface area contributed by atoms with Crippen molar-refractivity contribution >= 4 is 27.5 Å². The third kappa shape index (κ3) is 2.36. The van der Waals surface area contributed by atoms with Gasteiger partial charge in [-0.2, -0.15) is 0 Å². The lowest BCUT2D eigenvalue weighted by Gasteiger charge is -2.27. The van der Waals surface area contributed by atoms with Gasteiger partial charge in [-0.05, 0) is 12.1 Å². The number of methoxy groups -OCH3 is 1. The predicted molar refractivity (Wildman–Crippen MR) is 63.9 cm³/mol. The molecular weight excluding hydrogens is 274 g/mol. The zero-order chi connectivity index (χ0) is 11.5. The van der Waals surface area contributed by atoms with Crippen LogP contribution in [0.2, 0.25) is 0 Å². The van der Waals surface area contributed by atoms with E-state index in [-0.39, 0.29) is 12.5 Å². The molecule has 1 fully saturated rings. The molecule has 5 heteroatoms. The molecule has 0 unspecified atom stereocenters. The summed E-state index contributed by atoms with van der Waals surface area (Å²) in [6.45, 7) is 1.30. The Balaban J connectivity index is 2.31. The first kappa shape index (κ1) is 11.4. The number of carbonyl (C=O) groups excluding carboxylic acids is 1. The zero-order valence-corrected chi connectivity index (χ0v) is 10.5. The van der Waals surface area contributed by atoms with Crippen molar-refractivity contribution in [3.8, 4) is 5.75 Å². The van der Waals surface area contributed by atoms with Gasteiger partial charge in [0.25, 0.3) is 5.91 Å². The molecule has 1 heterocycles. The molecule has 86 valence electrons. The van der Waals surface area contributed by atoms with Gasteiger partial charge in [-0.3, -0.25) is 4.79 Å². The molecular formula is C11H12BrNO3. The van der Waals surface area contributed by atoms with Gasteiger partial charge >= 0.3 is 0 Å². The van der Waals surface area contributed by atoms with E-state index >= 15 is 0 Å². The minimum atomic E-state index is -0.0218. The van der Waals surface area contributed by atoms with E-state index in [1.165, 1.54) is 0 Å². The Morgan fingerprint density at radius 2 is 2.25 bits per heavy atom. The van der Waals surface area contributed by atoms with Gasteiger partial charge in [0.1, 0.15) is 12.4 Å². The van der Waals surface area contributed by atoms with Gasteiger partial charge in [-0.1, -0.05) is 15.9 Å². The number of carbonyl (C=O) groups is 1. The van der Waals surface area contributed by atoms with Crippen molar-refractivity contribution in [3.05, 3.63) is 22.7 Å². The molecule has 1 amide bonds. The van der Waals surface area contributed by atoms with Crippen LogP contribution < -0.4 is 9.64 Å². The normalized spacial score (nSPS) is 16.4. The Kier molecular flexibility index (Phi) is 3.46. The fourth-order valence-electron chi connectivity index (χ4n) is 1.61. The number of rotatable bonds is 2. The molecule has 1 aromatic rings. The van der Waals surface area contributed by atoms with Crippen LogP contribution in [0.15, 0.2) is 22.7 Å². The molecule has 0 radical (unpaired) electrons. The third-order valence-electron chi connectivity index (χ3n) is 2.39. The van der Waals surface area contributed by atoms with Gasteiger partial charge in [-0.25, -0.2) is 0 Å². The summed E-state index contributed by atoms with van der Waals surface area (Å²) in [5.74, 6) is 0.704. The molecule has 0 saturated carbocycles. The number of nitrogens with zero attached hydrogens (tertiary/aromatic N) is 1. The fraction of sp³-hybridized carbons (Fsp3) is 0.364. The quantitative estimate of drug-likeness (QED) is 0.832. The second kappa shape index (κ2) is 4.84. The molecule has 1 aliphatic rings. The zero-order valence-electron chi connectivity index (χ0n) is 8.90. The Morgan fingerprint density at radius 3 is 2.94 bits per heavy atom. The van der Waals surface area contributed by atoms with E-state index in [4.69, 9.17) is 9.47 Å². The monoisotopic (exact) mass is 285 g/mol.